The SMILES string of the molecule is Cc1cc(NCC(O)CO)ccc1N. The van der Waals surface area contributed by atoms with Crippen LogP contribution in [0.3, 0.4) is 0 Å². The Morgan fingerprint density at radius 1 is 1.50 bits per heavy atom. The maximum Gasteiger partial charge on any atom is 0.0942 e. The van der Waals surface area contributed by atoms with Crippen LogP contribution >= 0.6 is 0 Å². The Labute approximate surface area is 83.4 Å². The van der Waals surface area contributed by atoms with Crippen molar-refractivity contribution in [1.82, 2.24) is 0 Å². The number of rotatable bonds is 4. The second kappa shape index (κ2) is 4.83. The number of nitrogens with one attached hydrogen (secondary N) is 1. The fraction of sp³-hybridized carbons (Fsp3) is 0.400. The van der Waals surface area contributed by atoms with Gasteiger partial charge >= 0.3 is 0 Å². The number of aryl methyl sites for hydroxylation is 1. The molecule has 1 unspecified atom stereocenters. The number of benzene rings is 1. The zero-order valence-corrected chi connectivity index (χ0v) is 8.20. The Kier molecular flexibility index (Phi) is 3.73. The first-order valence-corrected chi connectivity index (χ1v) is 4.52. The van der Waals surface area contributed by atoms with E-state index in [1.807, 2.05) is 25.1 Å². The first kappa shape index (κ1) is 10.8. The van der Waals surface area contributed by atoms with Crippen LogP contribution in [0.15, 0.2) is 18.2 Å². The fourth-order valence-electron chi connectivity index (χ4n) is 1.09. The van der Waals surface area contributed by atoms with E-state index in [0.717, 1.165) is 16.9 Å². The van der Waals surface area contributed by atoms with Crippen LogP contribution < -0.4 is 11.1 Å². The summed E-state index contributed by atoms with van der Waals surface area (Å²) in [6.45, 7) is 2.02. The number of aliphatic hydroxyl groups excluding tert-OH is 2. The summed E-state index contributed by atoms with van der Waals surface area (Å²) < 4.78 is 0. The van der Waals surface area contributed by atoms with Crippen LogP contribution in [-0.2, 0) is 0 Å². The van der Waals surface area contributed by atoms with Crippen LogP contribution in [0.4, 0.5) is 11.4 Å². The van der Waals surface area contributed by atoms with E-state index in [2.05, 4.69) is 5.32 Å². The maximum atomic E-state index is 9.11. The number of nitrogen functional groups attached to an aromatic ring is 1. The highest BCUT2D eigenvalue weighted by Crippen LogP contribution is 2.16. The van der Waals surface area contributed by atoms with Gasteiger partial charge in [-0.25, -0.2) is 0 Å². The third kappa shape index (κ3) is 2.90. The average molecular weight is 196 g/mol. The summed E-state index contributed by atoms with van der Waals surface area (Å²) in [6, 6.07) is 5.55. The second-order valence-corrected chi connectivity index (χ2v) is 3.29. The van der Waals surface area contributed by atoms with Gasteiger partial charge in [0.25, 0.3) is 0 Å². The van der Waals surface area contributed by atoms with Gasteiger partial charge in [0.1, 0.15) is 0 Å². The van der Waals surface area contributed by atoms with Gasteiger partial charge < -0.3 is 21.3 Å². The van der Waals surface area contributed by atoms with Crippen LogP contribution in [-0.4, -0.2) is 29.5 Å². The van der Waals surface area contributed by atoms with Crippen molar-refractivity contribution in [2.24, 2.45) is 0 Å². The van der Waals surface area contributed by atoms with Crippen LogP contribution in [0, 0.1) is 6.92 Å². The summed E-state index contributed by atoms with van der Waals surface area (Å²) >= 11 is 0. The normalized spacial score (nSPS) is 12.5. The van der Waals surface area contributed by atoms with Crippen molar-refractivity contribution >= 4 is 11.4 Å². The average Bonchev–Trinajstić information content (AvgIpc) is 2.19. The fourth-order valence-corrected chi connectivity index (χ4v) is 1.09. The molecule has 0 aliphatic rings. The predicted molar refractivity (Wildman–Crippen MR) is 57.2 cm³/mol. The number of anilines is 2. The first-order chi connectivity index (χ1) is 6.63. The highest BCUT2D eigenvalue weighted by molar-refractivity contribution is 5.56. The molecule has 0 bridgehead atoms. The molecule has 1 rings (SSSR count). The Morgan fingerprint density at radius 3 is 2.79 bits per heavy atom. The molecule has 0 aliphatic carbocycles. The van der Waals surface area contributed by atoms with Crippen molar-refractivity contribution < 1.29 is 10.2 Å². The lowest BCUT2D eigenvalue weighted by Crippen LogP contribution is -2.22. The van der Waals surface area contributed by atoms with Crippen molar-refractivity contribution in [3.63, 3.8) is 0 Å². The van der Waals surface area contributed by atoms with Crippen LogP contribution in [0.2, 0.25) is 0 Å². The molecule has 78 valence electrons. The third-order valence-corrected chi connectivity index (χ3v) is 2.02. The van der Waals surface area contributed by atoms with Crippen LogP contribution in [0.5, 0.6) is 0 Å². The lowest BCUT2D eigenvalue weighted by Gasteiger charge is -2.11. The van der Waals surface area contributed by atoms with Crippen molar-refractivity contribution in [1.29, 1.82) is 0 Å². The van der Waals surface area contributed by atoms with Crippen LogP contribution in [0.25, 0.3) is 0 Å². The zero-order valence-electron chi connectivity index (χ0n) is 8.20. The van der Waals surface area contributed by atoms with Gasteiger partial charge in [-0.15, -0.1) is 0 Å². The molecule has 4 nitrogen and oxygen atoms in total. The van der Waals surface area contributed by atoms with Crippen molar-refractivity contribution in [2.75, 3.05) is 24.2 Å². The molecule has 1 atom stereocenters. The van der Waals surface area contributed by atoms with E-state index >= 15 is 0 Å². The largest absolute Gasteiger partial charge is 0.399 e. The molecule has 0 amide bonds. The van der Waals surface area contributed by atoms with Crippen LogP contribution in [0.1, 0.15) is 5.56 Å². The van der Waals surface area contributed by atoms with Gasteiger partial charge in [0, 0.05) is 17.9 Å². The lowest BCUT2D eigenvalue weighted by atomic mass is 10.2. The third-order valence-electron chi connectivity index (χ3n) is 2.02. The molecule has 0 aliphatic heterocycles. The molecule has 0 aromatic heterocycles. The topological polar surface area (TPSA) is 78.5 Å². The molecule has 1 aromatic rings. The number of hydrogen-bond acceptors (Lipinski definition) is 4. The lowest BCUT2D eigenvalue weighted by molar-refractivity contribution is 0.105. The molecular formula is C10H16N2O2. The van der Waals surface area contributed by atoms with Gasteiger partial charge in [-0.2, -0.15) is 0 Å². The molecule has 5 N–H and O–H groups in total. The zero-order chi connectivity index (χ0) is 10.6. The van der Waals surface area contributed by atoms with E-state index in [1.165, 1.54) is 0 Å². The van der Waals surface area contributed by atoms with Crippen molar-refractivity contribution in [2.45, 2.75) is 13.0 Å². The van der Waals surface area contributed by atoms with Gasteiger partial charge in [0.2, 0.25) is 0 Å². The van der Waals surface area contributed by atoms with E-state index < -0.39 is 6.10 Å². The Hall–Kier alpha value is -1.26. The number of hydrogen-bond donors (Lipinski definition) is 4. The molecular weight excluding hydrogens is 180 g/mol. The Balaban J connectivity index is 2.55. The highest BCUT2D eigenvalue weighted by atomic mass is 16.3. The molecule has 0 radical (unpaired) electrons. The Bertz CT molecular complexity index is 302. The van der Waals surface area contributed by atoms with E-state index in [4.69, 9.17) is 15.9 Å². The summed E-state index contributed by atoms with van der Waals surface area (Å²) in [7, 11) is 0. The smallest absolute Gasteiger partial charge is 0.0942 e. The van der Waals surface area contributed by atoms with E-state index in [-0.39, 0.29) is 6.61 Å². The van der Waals surface area contributed by atoms with Crippen molar-refractivity contribution in [3.05, 3.63) is 23.8 Å². The van der Waals surface area contributed by atoms with Gasteiger partial charge in [-0.05, 0) is 30.7 Å². The molecule has 0 saturated carbocycles. The highest BCUT2D eigenvalue weighted by Gasteiger charge is 2.01. The number of aliphatic hydroxyl groups is 2. The predicted octanol–water partition coefficient (Wildman–Crippen LogP) is 0.342. The first-order valence-electron chi connectivity index (χ1n) is 4.52. The minimum Gasteiger partial charge on any atom is -0.399 e. The molecule has 4 heteroatoms. The van der Waals surface area contributed by atoms with E-state index in [9.17, 15) is 0 Å². The van der Waals surface area contributed by atoms with Gasteiger partial charge in [0.15, 0.2) is 0 Å². The molecule has 1 aromatic carbocycles. The monoisotopic (exact) mass is 196 g/mol. The molecule has 14 heavy (non-hydrogen) atoms. The summed E-state index contributed by atoms with van der Waals surface area (Å²) in [5, 5.41) is 20.7. The minimum atomic E-state index is -0.729. The van der Waals surface area contributed by atoms with Gasteiger partial charge in [-0.3, -0.25) is 0 Å². The van der Waals surface area contributed by atoms with Gasteiger partial charge in [-0.1, -0.05) is 0 Å². The standard InChI is InChI=1S/C10H16N2O2/c1-7-4-8(2-3-10(7)11)12-5-9(14)6-13/h2-4,9,12-14H,5-6,11H2,1H3. The number of nitrogens with two attached hydrogens (primary N) is 1. The molecule has 0 spiro atoms. The molecule has 0 saturated heterocycles. The molecule has 0 fully saturated rings. The maximum absolute atomic E-state index is 9.11. The summed E-state index contributed by atoms with van der Waals surface area (Å²) in [5.41, 5.74) is 8.29. The summed E-state index contributed by atoms with van der Waals surface area (Å²) in [6.07, 6.45) is -0.729. The summed E-state index contributed by atoms with van der Waals surface area (Å²) in [4.78, 5) is 0. The quantitative estimate of drug-likeness (QED) is 0.524. The second-order valence-electron chi connectivity index (χ2n) is 3.29. The summed E-state index contributed by atoms with van der Waals surface area (Å²) in [5.74, 6) is 0. The van der Waals surface area contributed by atoms with E-state index in [1.54, 1.807) is 0 Å². The van der Waals surface area contributed by atoms with Gasteiger partial charge in [0.05, 0.1) is 12.7 Å². The Morgan fingerprint density at radius 2 is 2.21 bits per heavy atom. The molecule has 0 heterocycles. The minimum absolute atomic E-state index is 0.235. The van der Waals surface area contributed by atoms with E-state index in [0.29, 0.717) is 6.54 Å². The van der Waals surface area contributed by atoms with Crippen molar-refractivity contribution in [3.8, 4) is 0 Å².